The Bertz CT molecular complexity index is 464. The van der Waals surface area contributed by atoms with Crippen LogP contribution in [0.15, 0.2) is 24.3 Å². The molecule has 4 heteroatoms. The number of ether oxygens (including phenoxy) is 1. The predicted octanol–water partition coefficient (Wildman–Crippen LogP) is 4.01. The minimum atomic E-state index is 0.223. The zero-order chi connectivity index (χ0) is 15.4. The van der Waals surface area contributed by atoms with Crippen molar-refractivity contribution in [3.63, 3.8) is 0 Å². The van der Waals surface area contributed by atoms with Crippen molar-refractivity contribution in [3.05, 3.63) is 29.8 Å². The van der Waals surface area contributed by atoms with Crippen molar-refractivity contribution >= 4 is 23.0 Å². The summed E-state index contributed by atoms with van der Waals surface area (Å²) < 4.78 is 5.74. The fourth-order valence-electron chi connectivity index (χ4n) is 2.68. The van der Waals surface area contributed by atoms with Gasteiger partial charge in [0.2, 0.25) is 0 Å². The van der Waals surface area contributed by atoms with Crippen LogP contribution >= 0.6 is 12.2 Å². The minimum absolute atomic E-state index is 0.223. The summed E-state index contributed by atoms with van der Waals surface area (Å²) in [5.74, 6) is 0.604. The average molecular weight is 306 g/mol. The van der Waals surface area contributed by atoms with Crippen molar-refractivity contribution in [1.29, 1.82) is 0 Å². The van der Waals surface area contributed by atoms with E-state index in [-0.39, 0.29) is 12.2 Å². The first-order chi connectivity index (χ1) is 9.99. The second-order valence-electron chi connectivity index (χ2n) is 6.02. The molecule has 21 heavy (non-hydrogen) atoms. The van der Waals surface area contributed by atoms with Crippen molar-refractivity contribution < 1.29 is 4.74 Å². The molecular formula is C17H26N2OS. The molecule has 1 fully saturated rings. The lowest BCUT2D eigenvalue weighted by Crippen LogP contribution is -2.49. The van der Waals surface area contributed by atoms with Gasteiger partial charge in [0.15, 0.2) is 5.11 Å². The molecule has 1 aliphatic heterocycles. The van der Waals surface area contributed by atoms with E-state index in [1.807, 2.05) is 0 Å². The molecule has 0 bridgehead atoms. The molecule has 1 aromatic carbocycles. The van der Waals surface area contributed by atoms with Gasteiger partial charge in [-0.2, -0.15) is 0 Å². The summed E-state index contributed by atoms with van der Waals surface area (Å²) in [5, 5.41) is 4.12. The molecule has 0 saturated carbocycles. The molecule has 0 aromatic heterocycles. The molecule has 1 N–H and O–H groups in total. The lowest BCUT2D eigenvalue weighted by Gasteiger charge is -2.36. The third-order valence-corrected chi connectivity index (χ3v) is 4.41. The molecule has 1 aliphatic rings. The Kier molecular flexibility index (Phi) is 5.59. The molecule has 1 aromatic rings. The van der Waals surface area contributed by atoms with Crippen LogP contribution in [0, 0.1) is 0 Å². The molecule has 0 radical (unpaired) electrons. The van der Waals surface area contributed by atoms with E-state index in [0.717, 1.165) is 30.3 Å². The summed E-state index contributed by atoms with van der Waals surface area (Å²) in [6.45, 7) is 10.3. The average Bonchev–Trinajstić information content (AvgIpc) is 2.46. The first kappa shape index (κ1) is 16.2. The van der Waals surface area contributed by atoms with Crippen LogP contribution < -0.4 is 5.32 Å². The monoisotopic (exact) mass is 306 g/mol. The van der Waals surface area contributed by atoms with Gasteiger partial charge in [-0.3, -0.25) is 0 Å². The highest BCUT2D eigenvalue weighted by Crippen LogP contribution is 2.21. The molecule has 3 atom stereocenters. The number of rotatable bonds is 3. The smallest absolute Gasteiger partial charge is 0.173 e. The minimum Gasteiger partial charge on any atom is -0.372 e. The first-order valence-electron chi connectivity index (χ1n) is 7.81. The number of morpholine rings is 1. The number of nitrogens with one attached hydrogen (secondary N) is 1. The normalized spacial score (nSPS) is 23.7. The highest BCUT2D eigenvalue weighted by atomic mass is 32.1. The molecule has 3 nitrogen and oxygen atoms in total. The van der Waals surface area contributed by atoms with E-state index in [1.165, 1.54) is 5.56 Å². The second kappa shape index (κ2) is 7.23. The molecule has 0 spiro atoms. The van der Waals surface area contributed by atoms with Gasteiger partial charge >= 0.3 is 0 Å². The maximum Gasteiger partial charge on any atom is 0.173 e. The molecular weight excluding hydrogens is 280 g/mol. The molecule has 1 saturated heterocycles. The number of thiocarbonyl (C=S) groups is 1. The Morgan fingerprint density at radius 3 is 2.38 bits per heavy atom. The number of hydrogen-bond donors (Lipinski definition) is 1. The van der Waals surface area contributed by atoms with Gasteiger partial charge in [0.25, 0.3) is 0 Å². The molecule has 0 unspecified atom stereocenters. The van der Waals surface area contributed by atoms with E-state index >= 15 is 0 Å². The fraction of sp³-hybridized carbons (Fsp3) is 0.588. The molecule has 0 aliphatic carbocycles. The first-order valence-corrected chi connectivity index (χ1v) is 8.21. The largest absolute Gasteiger partial charge is 0.372 e. The summed E-state index contributed by atoms with van der Waals surface area (Å²) in [5.41, 5.74) is 2.43. The summed E-state index contributed by atoms with van der Waals surface area (Å²) in [7, 11) is 0. The zero-order valence-electron chi connectivity index (χ0n) is 13.4. The molecule has 1 heterocycles. The van der Waals surface area contributed by atoms with E-state index in [9.17, 15) is 0 Å². The van der Waals surface area contributed by atoms with Crippen LogP contribution in [0.4, 0.5) is 5.69 Å². The van der Waals surface area contributed by atoms with Crippen molar-refractivity contribution in [2.24, 2.45) is 0 Å². The number of benzene rings is 1. The van der Waals surface area contributed by atoms with Crippen LogP contribution in [0.3, 0.4) is 0 Å². The van der Waals surface area contributed by atoms with Gasteiger partial charge in [0.1, 0.15) is 0 Å². The van der Waals surface area contributed by atoms with Gasteiger partial charge in [-0.25, -0.2) is 0 Å². The van der Waals surface area contributed by atoms with E-state index in [1.54, 1.807) is 0 Å². The Morgan fingerprint density at radius 2 is 1.86 bits per heavy atom. The standard InChI is InChI=1S/C17H26N2OS/c1-5-12(2)15-6-8-16(9-7-15)18-17(21)19-10-13(3)20-14(4)11-19/h6-9,12-14H,5,10-11H2,1-4H3,(H,18,21)/t12-,13+,14+/m0/s1. The predicted molar refractivity (Wildman–Crippen MR) is 93.0 cm³/mol. The quantitative estimate of drug-likeness (QED) is 0.853. The number of anilines is 1. The summed E-state index contributed by atoms with van der Waals surface area (Å²) in [6.07, 6.45) is 1.61. The summed E-state index contributed by atoms with van der Waals surface area (Å²) in [6, 6.07) is 8.59. The highest BCUT2D eigenvalue weighted by molar-refractivity contribution is 7.80. The molecule has 0 amide bonds. The van der Waals surface area contributed by atoms with E-state index in [2.05, 4.69) is 62.2 Å². The second-order valence-corrected chi connectivity index (χ2v) is 6.41. The lowest BCUT2D eigenvalue weighted by atomic mass is 9.99. The zero-order valence-corrected chi connectivity index (χ0v) is 14.2. The van der Waals surface area contributed by atoms with Gasteiger partial charge in [-0.15, -0.1) is 0 Å². The van der Waals surface area contributed by atoms with Crippen molar-refractivity contribution in [1.82, 2.24) is 4.90 Å². The van der Waals surface area contributed by atoms with Crippen molar-refractivity contribution in [2.75, 3.05) is 18.4 Å². The van der Waals surface area contributed by atoms with Crippen molar-refractivity contribution in [2.45, 2.75) is 52.2 Å². The maximum absolute atomic E-state index is 5.74. The Hall–Kier alpha value is -1.13. The number of nitrogens with zero attached hydrogens (tertiary/aromatic N) is 1. The van der Waals surface area contributed by atoms with Gasteiger partial charge < -0.3 is 15.0 Å². The van der Waals surface area contributed by atoms with Gasteiger partial charge in [-0.05, 0) is 56.1 Å². The number of hydrogen-bond acceptors (Lipinski definition) is 2. The SMILES string of the molecule is CC[C@H](C)c1ccc(NC(=S)N2C[C@@H](C)O[C@H](C)C2)cc1. The van der Waals surface area contributed by atoms with Gasteiger partial charge in [0, 0.05) is 18.8 Å². The third-order valence-electron chi connectivity index (χ3n) is 4.05. The van der Waals surface area contributed by atoms with Gasteiger partial charge in [-0.1, -0.05) is 26.0 Å². The molecule has 2 rings (SSSR count). The fourth-order valence-corrected chi connectivity index (χ4v) is 2.94. The Morgan fingerprint density at radius 1 is 1.29 bits per heavy atom. The van der Waals surface area contributed by atoms with Crippen LogP contribution in [0.2, 0.25) is 0 Å². The van der Waals surface area contributed by atoms with E-state index in [0.29, 0.717) is 5.92 Å². The Labute approximate surface area is 133 Å². The molecule has 116 valence electrons. The Balaban J connectivity index is 1.96. The highest BCUT2D eigenvalue weighted by Gasteiger charge is 2.23. The van der Waals surface area contributed by atoms with Crippen LogP contribution in [0.25, 0.3) is 0 Å². The van der Waals surface area contributed by atoms with Crippen LogP contribution in [-0.4, -0.2) is 35.3 Å². The summed E-state index contributed by atoms with van der Waals surface area (Å²) in [4.78, 5) is 2.19. The van der Waals surface area contributed by atoms with Crippen molar-refractivity contribution in [3.8, 4) is 0 Å². The lowest BCUT2D eigenvalue weighted by molar-refractivity contribution is -0.0473. The van der Waals surface area contributed by atoms with Crippen LogP contribution in [-0.2, 0) is 4.74 Å². The van der Waals surface area contributed by atoms with E-state index in [4.69, 9.17) is 17.0 Å². The maximum atomic E-state index is 5.74. The summed E-state index contributed by atoms with van der Waals surface area (Å²) >= 11 is 5.53. The van der Waals surface area contributed by atoms with E-state index < -0.39 is 0 Å². The van der Waals surface area contributed by atoms with Gasteiger partial charge in [0.05, 0.1) is 12.2 Å². The topological polar surface area (TPSA) is 24.5 Å². The van der Waals surface area contributed by atoms with Crippen LogP contribution in [0.1, 0.15) is 45.6 Å². The third kappa shape index (κ3) is 4.42. The van der Waals surface area contributed by atoms with Crippen LogP contribution in [0.5, 0.6) is 0 Å².